The Kier molecular flexibility index (Phi) is 19.1. The molecule has 0 aromatic heterocycles. The first-order valence-corrected chi connectivity index (χ1v) is 23.7. The first kappa shape index (κ1) is 43.0. The summed E-state index contributed by atoms with van der Waals surface area (Å²) in [5, 5.41) is 0. The quantitative estimate of drug-likeness (QED) is 0.0557. The zero-order valence-corrected chi connectivity index (χ0v) is 33.9. The zero-order chi connectivity index (χ0) is 35.1. The van der Waals surface area contributed by atoms with Crippen LogP contribution in [0.1, 0.15) is 115 Å². The molecule has 0 saturated heterocycles. The van der Waals surface area contributed by atoms with E-state index < -0.39 is 40.2 Å². The topological polar surface area (TPSA) is 78.9 Å². The summed E-state index contributed by atoms with van der Waals surface area (Å²) in [7, 11) is -4.36. The Hall–Kier alpha value is -1.07. The number of hydrogen-bond acceptors (Lipinski definition) is 6. The number of halogens is 1. The number of carbonyl (C=O) groups is 3. The third kappa shape index (κ3) is 12.1. The van der Waals surface area contributed by atoms with E-state index in [1.807, 2.05) is 26.8 Å². The van der Waals surface area contributed by atoms with Crippen molar-refractivity contribution < 1.29 is 28.0 Å². The van der Waals surface area contributed by atoms with Gasteiger partial charge >= 0.3 is 5.97 Å². The summed E-state index contributed by atoms with van der Waals surface area (Å²) >= 11 is 6.15. The molecule has 3 unspecified atom stereocenters. The van der Waals surface area contributed by atoms with Crippen molar-refractivity contribution >= 4 is 45.8 Å². The van der Waals surface area contributed by atoms with Crippen LogP contribution in [0.4, 0.5) is 0 Å². The summed E-state index contributed by atoms with van der Waals surface area (Å²) in [5.41, 5.74) is 0.0955. The Balaban J connectivity index is 3.96. The molecule has 0 fully saturated rings. The lowest BCUT2D eigenvalue weighted by atomic mass is 9.71. The van der Waals surface area contributed by atoms with Crippen LogP contribution in [-0.2, 0) is 28.0 Å². The molecule has 1 aliphatic rings. The molecule has 0 bridgehead atoms. The third-order valence-electron chi connectivity index (χ3n) is 10.9. The molecule has 1 heterocycles. The monoisotopic (exact) mass is 698 g/mol. The van der Waals surface area contributed by atoms with E-state index in [-0.39, 0.29) is 35.9 Å². The highest BCUT2D eigenvalue weighted by Crippen LogP contribution is 2.40. The maximum absolute atomic E-state index is 15.2. The highest BCUT2D eigenvalue weighted by Gasteiger charge is 2.49. The Morgan fingerprint density at radius 2 is 1.50 bits per heavy atom. The summed E-state index contributed by atoms with van der Waals surface area (Å²) in [4.78, 5) is 41.3. The number of ether oxygens (including phenoxy) is 1. The molecule has 0 N–H and O–H groups in total. The smallest absolute Gasteiger partial charge is 0.309 e. The van der Waals surface area contributed by atoms with Crippen LogP contribution in [0, 0.1) is 17.3 Å². The number of ketones is 2. The van der Waals surface area contributed by atoms with E-state index in [0.717, 1.165) is 54.7 Å². The summed E-state index contributed by atoms with van der Waals surface area (Å²) < 4.78 is 20.2. The van der Waals surface area contributed by atoms with E-state index in [0.29, 0.717) is 25.1 Å². The van der Waals surface area contributed by atoms with E-state index in [4.69, 9.17) is 25.2 Å². The predicted molar refractivity (Wildman–Crippen MR) is 197 cm³/mol. The number of rotatable bonds is 15. The lowest BCUT2D eigenvalue weighted by Crippen LogP contribution is -2.53. The van der Waals surface area contributed by atoms with Crippen molar-refractivity contribution in [3.05, 3.63) is 23.8 Å². The maximum atomic E-state index is 15.2. The summed E-state index contributed by atoms with van der Waals surface area (Å²) in [5.74, 6) is -0.446. The van der Waals surface area contributed by atoms with Crippen LogP contribution in [0.3, 0.4) is 0 Å². The molecule has 0 aromatic rings. The van der Waals surface area contributed by atoms with E-state index >= 15 is 4.79 Å². The average molecular weight is 700 g/mol. The van der Waals surface area contributed by atoms with Gasteiger partial charge in [-0.1, -0.05) is 92.5 Å². The van der Waals surface area contributed by atoms with Crippen LogP contribution in [-0.4, -0.2) is 58.4 Å². The van der Waals surface area contributed by atoms with Crippen molar-refractivity contribution in [1.82, 2.24) is 0 Å². The fourth-order valence-electron chi connectivity index (χ4n) is 6.76. The van der Waals surface area contributed by atoms with E-state index in [1.54, 1.807) is 0 Å². The number of unbranched alkanes of at least 4 members (excludes halogenated alkanes) is 1. The molecule has 1 aliphatic heterocycles. The Labute approximate surface area is 289 Å². The summed E-state index contributed by atoms with van der Waals surface area (Å²) in [6.45, 7) is 22.7. The third-order valence-corrected chi connectivity index (χ3v) is 20.4. The molecule has 0 amide bonds. The van der Waals surface area contributed by atoms with Gasteiger partial charge in [0.25, 0.3) is 0 Å². The average Bonchev–Trinajstić information content (AvgIpc) is 3.03. The second kappa shape index (κ2) is 20.4. The van der Waals surface area contributed by atoms with Gasteiger partial charge in [-0.2, -0.15) is 0 Å². The standard InChI is InChI=1S/C37H67ClO6Si2/c1-12-45(13-2,14-3)43-33-27-34(40)42-32(30(9)39)25-24-28(7)21-20-22-29(8)35(44-46(15-4,16-5)17-6)31(23-18-19-26-38)36(41)37(33,10)11/h20,22,24,29,31-33,35H,12-19,21,23,25-27H2,1-11H3/b22-20+,28-24-/t29-,31?,32-,33?,35?/m0/s1. The van der Waals surface area contributed by atoms with Crippen LogP contribution in [0.5, 0.6) is 0 Å². The van der Waals surface area contributed by atoms with Gasteiger partial charge in [0, 0.05) is 23.6 Å². The number of esters is 1. The van der Waals surface area contributed by atoms with E-state index in [9.17, 15) is 9.59 Å². The second-order valence-electron chi connectivity index (χ2n) is 14.1. The van der Waals surface area contributed by atoms with Crippen LogP contribution in [0.15, 0.2) is 23.8 Å². The van der Waals surface area contributed by atoms with Crippen molar-refractivity contribution in [2.24, 2.45) is 17.3 Å². The van der Waals surface area contributed by atoms with Crippen molar-refractivity contribution in [2.75, 3.05) is 5.88 Å². The minimum absolute atomic E-state index is 0.00248. The fraction of sp³-hybridized carbons (Fsp3) is 0.811. The minimum Gasteiger partial charge on any atom is -0.454 e. The molecule has 0 saturated carbocycles. The van der Waals surface area contributed by atoms with Crippen LogP contribution < -0.4 is 0 Å². The van der Waals surface area contributed by atoms with E-state index in [2.05, 4.69) is 60.6 Å². The molecule has 46 heavy (non-hydrogen) atoms. The highest BCUT2D eigenvalue weighted by molar-refractivity contribution is 6.74. The molecule has 1 rings (SSSR count). The van der Waals surface area contributed by atoms with E-state index in [1.165, 1.54) is 6.92 Å². The lowest BCUT2D eigenvalue weighted by molar-refractivity contribution is -0.158. The Bertz CT molecular complexity index is 1000. The van der Waals surface area contributed by atoms with Gasteiger partial charge in [-0.15, -0.1) is 11.6 Å². The maximum Gasteiger partial charge on any atom is 0.309 e. The Morgan fingerprint density at radius 3 is 2.00 bits per heavy atom. The van der Waals surface area contributed by atoms with Crippen LogP contribution in [0.25, 0.3) is 0 Å². The largest absolute Gasteiger partial charge is 0.454 e. The molecule has 5 atom stereocenters. The van der Waals surface area contributed by atoms with Gasteiger partial charge in [0.15, 0.2) is 28.5 Å². The molecule has 266 valence electrons. The SMILES string of the molecule is CC[Si](CC)(CC)OC1C(CCCCCl)C(=O)C(C)(C)C(O[Si](CC)(CC)CC)CC(=O)O[C@H](C(C)=O)C/C=C(/C)C/C=C/[C@@H]1C. The number of Topliss-reactive ketones (excluding diaryl/α,β-unsaturated/α-hetero) is 2. The van der Waals surface area contributed by atoms with Gasteiger partial charge < -0.3 is 13.6 Å². The van der Waals surface area contributed by atoms with Crippen molar-refractivity contribution in [3.63, 3.8) is 0 Å². The molecule has 6 nitrogen and oxygen atoms in total. The van der Waals surface area contributed by atoms with Gasteiger partial charge in [-0.25, -0.2) is 0 Å². The van der Waals surface area contributed by atoms with Gasteiger partial charge in [0.05, 0.1) is 18.6 Å². The second-order valence-corrected chi connectivity index (χ2v) is 23.9. The van der Waals surface area contributed by atoms with Gasteiger partial charge in [-0.3, -0.25) is 14.4 Å². The number of hydrogen-bond donors (Lipinski definition) is 0. The summed E-state index contributed by atoms with van der Waals surface area (Å²) in [6, 6.07) is 5.65. The minimum atomic E-state index is -2.25. The highest BCUT2D eigenvalue weighted by atomic mass is 35.5. The molecule has 0 aliphatic carbocycles. The Morgan fingerprint density at radius 1 is 0.957 bits per heavy atom. The van der Waals surface area contributed by atoms with Gasteiger partial charge in [-0.05, 0) is 75.3 Å². The molecule has 0 radical (unpaired) electrons. The molecular formula is C37H67ClO6Si2. The zero-order valence-electron chi connectivity index (χ0n) is 31.1. The number of carbonyl (C=O) groups excluding carboxylic acids is 3. The van der Waals surface area contributed by atoms with Crippen molar-refractivity contribution in [3.8, 4) is 0 Å². The van der Waals surface area contributed by atoms with Crippen molar-refractivity contribution in [1.29, 1.82) is 0 Å². The normalized spacial score (nSPS) is 27.5. The number of alkyl halides is 1. The molecule has 9 heteroatoms. The lowest BCUT2D eigenvalue weighted by Gasteiger charge is -2.44. The number of cyclic esters (lactones) is 1. The molecular weight excluding hydrogens is 632 g/mol. The molecule has 0 spiro atoms. The predicted octanol–water partition coefficient (Wildman–Crippen LogP) is 10.2. The van der Waals surface area contributed by atoms with Gasteiger partial charge in [0.1, 0.15) is 5.78 Å². The van der Waals surface area contributed by atoms with Crippen molar-refractivity contribution in [2.45, 2.75) is 169 Å². The first-order valence-electron chi connectivity index (χ1n) is 18.1. The van der Waals surface area contributed by atoms with Crippen LogP contribution >= 0.6 is 11.6 Å². The van der Waals surface area contributed by atoms with Crippen LogP contribution in [0.2, 0.25) is 36.3 Å². The number of allylic oxidation sites excluding steroid dienone is 2. The fourth-order valence-corrected chi connectivity index (χ4v) is 12.9. The first-order chi connectivity index (χ1) is 21.6. The molecule has 0 aromatic carbocycles. The summed E-state index contributed by atoms with van der Waals surface area (Å²) in [6.07, 6.45) is 7.80. The van der Waals surface area contributed by atoms with Gasteiger partial charge in [0.2, 0.25) is 0 Å².